The summed E-state index contributed by atoms with van der Waals surface area (Å²) >= 11 is 0. The lowest BCUT2D eigenvalue weighted by atomic mass is 9.83. The third-order valence-corrected chi connectivity index (χ3v) is 7.01. The minimum absolute atomic E-state index is 0.0216. The van der Waals surface area contributed by atoms with Crippen LogP contribution in [0.5, 0.6) is 5.75 Å². The van der Waals surface area contributed by atoms with E-state index in [9.17, 15) is 9.90 Å². The number of aliphatic hydroxyl groups excluding tert-OH is 1. The second-order valence-electron chi connectivity index (χ2n) is 10.9. The molecule has 202 valence electrons. The zero-order valence-electron chi connectivity index (χ0n) is 23.4. The standard InChI is InChI=1S/C29H52N2O4/c1-8-10-14-29(5,6)28(33)31-20-26(32)25(30)19-24(21(3)4)17-22-12-13-23(9-2)27(18-22)35-16-11-15-34-7/h12-13,18,21,24-26,32H,8-11,14-17,19-20,30H2,1-7H3,(H,31,33)/t24-,25-,26+/m0/s1. The molecule has 0 bridgehead atoms. The molecule has 0 aliphatic carbocycles. The van der Waals surface area contributed by atoms with Gasteiger partial charge in [0.1, 0.15) is 5.75 Å². The maximum Gasteiger partial charge on any atom is 0.225 e. The summed E-state index contributed by atoms with van der Waals surface area (Å²) in [6, 6.07) is 6.09. The van der Waals surface area contributed by atoms with Crippen LogP contribution in [-0.4, -0.2) is 50.0 Å². The lowest BCUT2D eigenvalue weighted by Crippen LogP contribution is -2.47. The van der Waals surface area contributed by atoms with E-state index >= 15 is 0 Å². The monoisotopic (exact) mass is 492 g/mol. The average molecular weight is 493 g/mol. The van der Waals surface area contributed by atoms with Gasteiger partial charge in [-0.3, -0.25) is 4.79 Å². The second kappa shape index (κ2) is 16.2. The van der Waals surface area contributed by atoms with Crippen molar-refractivity contribution in [2.75, 3.05) is 26.9 Å². The number of carbonyl (C=O) groups excluding carboxylic acids is 1. The van der Waals surface area contributed by atoms with E-state index < -0.39 is 17.6 Å². The van der Waals surface area contributed by atoms with E-state index in [0.717, 1.165) is 44.3 Å². The lowest BCUT2D eigenvalue weighted by molar-refractivity contribution is -0.130. The molecule has 1 aromatic rings. The van der Waals surface area contributed by atoms with Crippen LogP contribution in [0.15, 0.2) is 18.2 Å². The fourth-order valence-corrected chi connectivity index (χ4v) is 4.26. The predicted octanol–water partition coefficient (Wildman–Crippen LogP) is 4.89. The summed E-state index contributed by atoms with van der Waals surface area (Å²) in [6.07, 6.45) is 5.47. The molecule has 1 rings (SSSR count). The Labute approximate surface area is 214 Å². The number of aliphatic hydroxyl groups is 1. The Morgan fingerprint density at radius 2 is 1.89 bits per heavy atom. The molecular formula is C29H52N2O4. The van der Waals surface area contributed by atoms with Crippen LogP contribution in [0, 0.1) is 17.3 Å². The number of rotatable bonds is 18. The van der Waals surface area contributed by atoms with Crippen LogP contribution in [0.2, 0.25) is 0 Å². The number of methoxy groups -OCH3 is 1. The lowest BCUT2D eigenvalue weighted by Gasteiger charge is -2.29. The molecule has 1 aromatic carbocycles. The highest BCUT2D eigenvalue weighted by Crippen LogP contribution is 2.28. The molecule has 0 fully saturated rings. The summed E-state index contributed by atoms with van der Waals surface area (Å²) in [5, 5.41) is 13.6. The third kappa shape index (κ3) is 11.3. The van der Waals surface area contributed by atoms with E-state index in [-0.39, 0.29) is 12.5 Å². The largest absolute Gasteiger partial charge is 0.493 e. The molecule has 1 amide bonds. The quantitative estimate of drug-likeness (QED) is 0.254. The van der Waals surface area contributed by atoms with E-state index in [1.54, 1.807) is 7.11 Å². The average Bonchev–Trinajstić information content (AvgIpc) is 2.83. The summed E-state index contributed by atoms with van der Waals surface area (Å²) in [5.41, 5.74) is 8.40. The number of ether oxygens (including phenoxy) is 2. The molecule has 0 radical (unpaired) electrons. The number of amides is 1. The van der Waals surface area contributed by atoms with Crippen molar-refractivity contribution in [1.82, 2.24) is 5.32 Å². The highest BCUT2D eigenvalue weighted by molar-refractivity contribution is 5.81. The first-order valence-corrected chi connectivity index (χ1v) is 13.5. The minimum atomic E-state index is -0.774. The van der Waals surface area contributed by atoms with E-state index in [1.807, 2.05) is 13.8 Å². The molecule has 0 aromatic heterocycles. The molecule has 0 saturated heterocycles. The van der Waals surface area contributed by atoms with Crippen LogP contribution in [0.4, 0.5) is 0 Å². The number of nitrogens with two attached hydrogens (primary N) is 1. The Hall–Kier alpha value is -1.63. The first-order valence-electron chi connectivity index (χ1n) is 13.5. The van der Waals surface area contributed by atoms with E-state index in [2.05, 4.69) is 51.2 Å². The van der Waals surface area contributed by atoms with E-state index in [4.69, 9.17) is 15.2 Å². The smallest absolute Gasteiger partial charge is 0.225 e. The number of carbonyl (C=O) groups is 1. The van der Waals surface area contributed by atoms with Gasteiger partial charge in [-0.1, -0.05) is 66.5 Å². The zero-order chi connectivity index (χ0) is 26.4. The fraction of sp³-hybridized carbons (Fsp3) is 0.759. The van der Waals surface area contributed by atoms with E-state index in [0.29, 0.717) is 31.5 Å². The Balaban J connectivity index is 2.73. The first kappa shape index (κ1) is 31.4. The highest BCUT2D eigenvalue weighted by Gasteiger charge is 2.28. The fourth-order valence-electron chi connectivity index (χ4n) is 4.26. The molecule has 0 spiro atoms. The van der Waals surface area contributed by atoms with Crippen molar-refractivity contribution in [2.45, 2.75) is 98.6 Å². The maximum absolute atomic E-state index is 12.6. The van der Waals surface area contributed by atoms with Crippen LogP contribution < -0.4 is 15.8 Å². The van der Waals surface area contributed by atoms with E-state index in [1.165, 1.54) is 11.1 Å². The van der Waals surface area contributed by atoms with Gasteiger partial charge in [-0.2, -0.15) is 0 Å². The molecule has 35 heavy (non-hydrogen) atoms. The predicted molar refractivity (Wildman–Crippen MR) is 145 cm³/mol. The molecule has 0 aliphatic heterocycles. The van der Waals surface area contributed by atoms with Gasteiger partial charge in [0.15, 0.2) is 0 Å². The summed E-state index contributed by atoms with van der Waals surface area (Å²) in [4.78, 5) is 12.6. The van der Waals surface area contributed by atoms with Crippen molar-refractivity contribution >= 4 is 5.91 Å². The van der Waals surface area contributed by atoms with Gasteiger partial charge in [-0.05, 0) is 54.7 Å². The molecule has 0 unspecified atom stereocenters. The van der Waals surface area contributed by atoms with Crippen LogP contribution in [-0.2, 0) is 22.4 Å². The van der Waals surface area contributed by atoms with Crippen molar-refractivity contribution in [3.8, 4) is 5.75 Å². The van der Waals surface area contributed by atoms with Crippen molar-refractivity contribution < 1.29 is 19.4 Å². The van der Waals surface area contributed by atoms with Crippen molar-refractivity contribution in [3.63, 3.8) is 0 Å². The van der Waals surface area contributed by atoms with Crippen molar-refractivity contribution in [2.24, 2.45) is 23.0 Å². The van der Waals surface area contributed by atoms with Crippen molar-refractivity contribution in [1.29, 1.82) is 0 Å². The minimum Gasteiger partial charge on any atom is -0.493 e. The van der Waals surface area contributed by atoms with Gasteiger partial charge in [0, 0.05) is 38.1 Å². The summed E-state index contributed by atoms with van der Waals surface area (Å²) in [5.74, 6) is 1.64. The van der Waals surface area contributed by atoms with Crippen LogP contribution in [0.25, 0.3) is 0 Å². The van der Waals surface area contributed by atoms with Gasteiger partial charge in [-0.15, -0.1) is 0 Å². The molecule has 0 saturated carbocycles. The number of nitrogens with one attached hydrogen (secondary N) is 1. The van der Waals surface area contributed by atoms with Gasteiger partial charge in [-0.25, -0.2) is 0 Å². The SMILES string of the molecule is CCCCC(C)(C)C(=O)NC[C@@H](O)[C@@H](N)C[C@H](Cc1ccc(CC)c(OCCCOC)c1)C(C)C. The number of hydrogen-bond acceptors (Lipinski definition) is 5. The van der Waals surface area contributed by atoms with Gasteiger partial charge in [0.2, 0.25) is 5.91 Å². The molecule has 3 atom stereocenters. The second-order valence-corrected chi connectivity index (χ2v) is 10.9. The Morgan fingerprint density at radius 3 is 2.49 bits per heavy atom. The topological polar surface area (TPSA) is 93.8 Å². The molecular weight excluding hydrogens is 440 g/mol. The number of hydrogen-bond donors (Lipinski definition) is 3. The normalized spacial score (nSPS) is 14.6. The van der Waals surface area contributed by atoms with Gasteiger partial charge >= 0.3 is 0 Å². The van der Waals surface area contributed by atoms with Crippen molar-refractivity contribution in [3.05, 3.63) is 29.3 Å². The number of aryl methyl sites for hydroxylation is 1. The Morgan fingerprint density at radius 1 is 1.17 bits per heavy atom. The zero-order valence-corrected chi connectivity index (χ0v) is 23.4. The molecule has 4 N–H and O–H groups in total. The number of benzene rings is 1. The van der Waals surface area contributed by atoms with Gasteiger partial charge < -0.3 is 25.6 Å². The summed E-state index contributed by atoms with van der Waals surface area (Å²) in [6.45, 7) is 14.1. The van der Waals surface area contributed by atoms with Crippen LogP contribution >= 0.6 is 0 Å². The molecule has 0 aliphatic rings. The van der Waals surface area contributed by atoms with Crippen LogP contribution in [0.1, 0.15) is 84.8 Å². The third-order valence-electron chi connectivity index (χ3n) is 7.01. The van der Waals surface area contributed by atoms with Gasteiger partial charge in [0.25, 0.3) is 0 Å². The number of unbranched alkanes of at least 4 members (excludes halogenated alkanes) is 1. The Kier molecular flexibility index (Phi) is 14.5. The summed E-state index contributed by atoms with van der Waals surface area (Å²) in [7, 11) is 1.70. The molecule has 6 heteroatoms. The summed E-state index contributed by atoms with van der Waals surface area (Å²) < 4.78 is 11.2. The first-order chi connectivity index (χ1) is 16.5. The molecule has 0 heterocycles. The van der Waals surface area contributed by atoms with Crippen LogP contribution in [0.3, 0.4) is 0 Å². The highest BCUT2D eigenvalue weighted by atomic mass is 16.5. The van der Waals surface area contributed by atoms with Gasteiger partial charge in [0.05, 0.1) is 12.7 Å². The molecule has 6 nitrogen and oxygen atoms in total. The maximum atomic E-state index is 12.6. The Bertz CT molecular complexity index is 735.